The van der Waals surface area contributed by atoms with Crippen molar-refractivity contribution in [3.8, 4) is 0 Å². The smallest absolute Gasteiger partial charge is 0.184 e. The summed E-state index contributed by atoms with van der Waals surface area (Å²) in [4.78, 5) is 34.1. The number of nitroso groups, excluding NO2 is 1. The predicted molar refractivity (Wildman–Crippen MR) is 350 cm³/mol. The van der Waals surface area contributed by atoms with E-state index in [0.717, 1.165) is 29.6 Å². The van der Waals surface area contributed by atoms with Crippen molar-refractivity contribution in [3.05, 3.63) is 58.4 Å². The number of likely N-dealkylation sites (N-methyl/N-ethyl adjacent to an activating group) is 2. The first kappa shape index (κ1) is 84.1. The van der Waals surface area contributed by atoms with Gasteiger partial charge in [-0.3, -0.25) is 9.79 Å². The summed E-state index contributed by atoms with van der Waals surface area (Å²) in [5.74, 6) is 6.02. The van der Waals surface area contributed by atoms with E-state index in [-0.39, 0.29) is 53.7 Å². The van der Waals surface area contributed by atoms with Gasteiger partial charge < -0.3 is 70.3 Å². The molecule has 0 spiro atoms. The van der Waals surface area contributed by atoms with E-state index in [2.05, 4.69) is 27.3 Å². The van der Waals surface area contributed by atoms with Gasteiger partial charge in [0, 0.05) is 101 Å². The number of methoxy groups -OCH3 is 2. The molecule has 0 bridgehead atoms. The first-order valence-electron chi connectivity index (χ1n) is 30.8. The zero-order valence-electron chi connectivity index (χ0n) is 56.7. The van der Waals surface area contributed by atoms with Crippen LogP contribution in [0.3, 0.4) is 0 Å². The molecule has 3 rings (SSSR count). The topological polar surface area (TPSA) is 271 Å². The first-order valence-corrected chi connectivity index (χ1v) is 32.1. The number of ether oxygens (including phenoxy) is 4. The van der Waals surface area contributed by atoms with E-state index >= 15 is 0 Å². The van der Waals surface area contributed by atoms with Crippen LogP contribution >= 0.6 is 11.8 Å². The quantitative estimate of drug-likeness (QED) is 0.0145. The SMILES string of the molecule is CC.CC=N/C=C(\SC)c1ccc(CC(CF)N(N)/C=C(\N)CCN(C)C2CC(C)OC(OC)C2O)cc1.CCCC(=O)C(C)C(CCC(O)(CC)CC(C)CN(C)C(C)C(O)C(C)(N=O)C(C)C)C1CC(C)(OC)C(O)C(C)O1.CNC.CO. The van der Waals surface area contributed by atoms with Crippen LogP contribution in [0.15, 0.2) is 52.5 Å². The summed E-state index contributed by atoms with van der Waals surface area (Å²) < 4.78 is 36.8. The van der Waals surface area contributed by atoms with E-state index < -0.39 is 60.2 Å². The van der Waals surface area contributed by atoms with Crippen LogP contribution in [0.1, 0.15) is 166 Å². The van der Waals surface area contributed by atoms with Crippen LogP contribution in [0.25, 0.3) is 4.91 Å². The maximum Gasteiger partial charge on any atom is 0.184 e. The average Bonchev–Trinajstić information content (AvgIpc) is 3.52. The van der Waals surface area contributed by atoms with Crippen molar-refractivity contribution in [2.24, 2.45) is 45.4 Å². The Bertz CT molecular complexity index is 2030. The highest BCUT2D eigenvalue weighted by molar-refractivity contribution is 8.07. The molecule has 1 aromatic rings. The highest BCUT2D eigenvalue weighted by Gasteiger charge is 2.49. The maximum atomic E-state index is 13.9. The molecule has 2 fully saturated rings. The first-order chi connectivity index (χ1) is 40.0. The van der Waals surface area contributed by atoms with Crippen LogP contribution in [0.2, 0.25) is 0 Å². The predicted octanol–water partition coefficient (Wildman–Crippen LogP) is 8.96. The van der Waals surface area contributed by atoms with Gasteiger partial charge in [0.2, 0.25) is 0 Å². The van der Waals surface area contributed by atoms with Gasteiger partial charge in [0.25, 0.3) is 0 Å². The summed E-state index contributed by atoms with van der Waals surface area (Å²) in [6.45, 7) is 27.7. The second-order valence-corrected chi connectivity index (χ2v) is 24.6. The van der Waals surface area contributed by atoms with Gasteiger partial charge in [0.1, 0.15) is 30.2 Å². The number of alkyl halides is 1. The van der Waals surface area contributed by atoms with Crippen molar-refractivity contribution in [2.75, 3.05) is 75.5 Å². The molecule has 498 valence electrons. The Kier molecular flexibility index (Phi) is 43.2. The fourth-order valence-corrected chi connectivity index (χ4v) is 11.5. The number of ketones is 1. The number of nitrogens with two attached hydrogens (primary N) is 2. The van der Waals surface area contributed by atoms with Crippen LogP contribution in [-0.2, 0) is 30.2 Å². The fraction of sp³-hybridized carbons (Fsp3) is 0.812. The van der Waals surface area contributed by atoms with Gasteiger partial charge in [-0.25, -0.2) is 10.2 Å². The molecule has 0 aliphatic carbocycles. The number of carbonyl (C=O) groups excluding carboxylic acids is 1. The Morgan fingerprint density at radius 1 is 1.05 bits per heavy atom. The monoisotopic (exact) mass is 1230 g/mol. The molecule has 19 nitrogen and oxygen atoms in total. The normalized spacial score (nSPS) is 25.4. The third-order valence-electron chi connectivity index (χ3n) is 17.1. The number of carbonyl (C=O) groups is 1. The third-order valence-corrected chi connectivity index (χ3v) is 17.8. The van der Waals surface area contributed by atoms with Crippen LogP contribution < -0.4 is 16.9 Å². The highest BCUT2D eigenvalue weighted by atomic mass is 32.2. The molecule has 2 aliphatic heterocycles. The van der Waals surface area contributed by atoms with Crippen LogP contribution in [0.4, 0.5) is 4.39 Å². The maximum absolute atomic E-state index is 13.9. The van der Waals surface area contributed by atoms with Gasteiger partial charge in [-0.2, -0.15) is 4.91 Å². The van der Waals surface area contributed by atoms with E-state index in [4.69, 9.17) is 35.6 Å². The number of hydrogen-bond donors (Lipinski definition) is 8. The molecule has 2 aliphatic rings. The number of aliphatic hydroxyl groups excluding tert-OH is 4. The number of nitrogens with one attached hydrogen (secondary N) is 1. The lowest BCUT2D eigenvalue weighted by molar-refractivity contribution is -0.243. The average molecular weight is 1230 g/mol. The lowest BCUT2D eigenvalue weighted by Gasteiger charge is -2.48. The van der Waals surface area contributed by atoms with E-state index in [9.17, 15) is 34.5 Å². The van der Waals surface area contributed by atoms with Gasteiger partial charge in [-0.15, -0.1) is 11.8 Å². The summed E-state index contributed by atoms with van der Waals surface area (Å²) in [6.07, 6.45) is 9.03. The number of aliphatic imine (C=N–C) groups is 1. The number of rotatable bonds is 32. The largest absolute Gasteiger partial charge is 0.401 e. The van der Waals surface area contributed by atoms with E-state index in [1.54, 1.807) is 38.2 Å². The molecule has 0 amide bonds. The van der Waals surface area contributed by atoms with E-state index in [1.807, 2.05) is 153 Å². The summed E-state index contributed by atoms with van der Waals surface area (Å²) in [6, 6.07) is 7.06. The Balaban J connectivity index is 0. The minimum atomic E-state index is -1.09. The minimum absolute atomic E-state index is 0.0224. The minimum Gasteiger partial charge on any atom is -0.401 e. The van der Waals surface area contributed by atoms with Crippen molar-refractivity contribution >= 4 is 28.7 Å². The van der Waals surface area contributed by atoms with Crippen molar-refractivity contribution in [1.82, 2.24) is 20.1 Å². The number of thioether (sulfide) groups is 1. The van der Waals surface area contributed by atoms with Gasteiger partial charge in [-0.1, -0.05) is 84.8 Å². The number of nitrogens with zero attached hydrogens (tertiary/aromatic N) is 5. The number of hydrogen-bond acceptors (Lipinski definition) is 20. The van der Waals surface area contributed by atoms with Crippen molar-refractivity contribution in [1.29, 1.82) is 0 Å². The Hall–Kier alpha value is -3.00. The van der Waals surface area contributed by atoms with Gasteiger partial charge >= 0.3 is 0 Å². The number of benzene rings is 1. The number of Topliss-reactive ketones (excluding diaryl/α,β-unsaturated/α-hetero) is 1. The van der Waals surface area contributed by atoms with E-state index in [0.29, 0.717) is 76.6 Å². The number of hydrazine groups is 1. The molecule has 0 saturated carbocycles. The molecule has 2 saturated heterocycles. The summed E-state index contributed by atoms with van der Waals surface area (Å²) in [5.41, 5.74) is 6.01. The molecule has 21 heteroatoms. The number of aliphatic hydroxyl groups is 5. The Morgan fingerprint density at radius 3 is 2.12 bits per heavy atom. The summed E-state index contributed by atoms with van der Waals surface area (Å²) in [7, 11) is 11.7. The van der Waals surface area contributed by atoms with Crippen molar-refractivity contribution in [3.63, 3.8) is 0 Å². The zero-order valence-corrected chi connectivity index (χ0v) is 57.5. The molecule has 16 atom stereocenters. The molecular formula is C64H123FN8O11S. The standard InChI is InChI=1S/C33H64N2O7.C26H42FN5O3S.C2H7N.C2H6.CH4O/c1-13-15-27(36)23(6)26(28-19-31(9,41-12)30(38)25(8)42-28)16-17-33(39,14-2)18-22(5)20-35(11)24(7)29(37)32(10,34-40)21(3)4;1-6-30-16-24(36-5)20-9-7-19(8-10-20)14-22(15-27)32(29)17-21(28)11-12-31(3)23-13-18(2)35-26(34-4)25(23)33;1-3-2;2*1-2/h21-26,28-30,37-39H,13-20H2,1-12H3;6-10,16-18,22-23,25-26,33H,11-15,28-29H2,1-5H3;3H,1-2H3;1-2H3;2H,1H3/b;21-17-,24-16-,30-6?;;;. The highest BCUT2D eigenvalue weighted by Crippen LogP contribution is 2.41. The van der Waals surface area contributed by atoms with Gasteiger partial charge in [-0.05, 0) is 150 Å². The lowest BCUT2D eigenvalue weighted by atomic mass is 9.72. The van der Waals surface area contributed by atoms with Crippen molar-refractivity contribution < 1.29 is 53.7 Å². The van der Waals surface area contributed by atoms with E-state index in [1.165, 1.54) is 12.1 Å². The fourth-order valence-electron chi connectivity index (χ4n) is 11.0. The second kappa shape index (κ2) is 43.6. The Morgan fingerprint density at radius 2 is 1.64 bits per heavy atom. The summed E-state index contributed by atoms with van der Waals surface area (Å²) in [5, 5.41) is 58.5. The van der Waals surface area contributed by atoms with Crippen LogP contribution in [0.5, 0.6) is 0 Å². The summed E-state index contributed by atoms with van der Waals surface area (Å²) >= 11 is 1.62. The van der Waals surface area contributed by atoms with Crippen molar-refractivity contribution in [2.45, 2.75) is 239 Å². The number of halogens is 1. The van der Waals surface area contributed by atoms with Gasteiger partial charge in [0.05, 0.1) is 41.7 Å². The van der Waals surface area contributed by atoms with Crippen LogP contribution in [-0.4, -0.2) is 206 Å². The third kappa shape index (κ3) is 27.3. The zero-order chi connectivity index (χ0) is 66.0. The van der Waals surface area contributed by atoms with Crippen LogP contribution in [0, 0.1) is 28.6 Å². The lowest BCUT2D eigenvalue weighted by Crippen LogP contribution is -2.58. The molecular weight excluding hydrogens is 1110 g/mol. The molecule has 16 unspecified atom stereocenters. The van der Waals surface area contributed by atoms with Gasteiger partial charge in [0.15, 0.2) is 6.29 Å². The molecule has 10 N–H and O–H groups in total. The molecule has 0 radical (unpaired) electrons. The Labute approximate surface area is 518 Å². The molecule has 2 heterocycles. The molecule has 1 aromatic carbocycles. The molecule has 0 aromatic heterocycles. The second-order valence-electron chi connectivity index (χ2n) is 23.8. The molecule has 85 heavy (non-hydrogen) atoms.